The van der Waals surface area contributed by atoms with E-state index in [2.05, 4.69) is 15.3 Å². The summed E-state index contributed by atoms with van der Waals surface area (Å²) in [6.45, 7) is -0.194. The van der Waals surface area contributed by atoms with Gasteiger partial charge < -0.3 is 26.0 Å². The van der Waals surface area contributed by atoms with Crippen molar-refractivity contribution in [2.45, 2.75) is 24.8 Å². The lowest BCUT2D eigenvalue weighted by molar-refractivity contribution is -0.118. The molecule has 1 aromatic rings. The fourth-order valence-electron chi connectivity index (χ4n) is 2.23. The van der Waals surface area contributed by atoms with Gasteiger partial charge in [0.15, 0.2) is 0 Å². The number of amides is 3. The number of primary amides is 1. The van der Waals surface area contributed by atoms with Gasteiger partial charge in [0, 0.05) is 7.05 Å². The topological polar surface area (TPSA) is 141 Å². The molecule has 0 aliphatic heterocycles. The van der Waals surface area contributed by atoms with Crippen molar-refractivity contribution in [1.82, 2.24) is 20.2 Å². The van der Waals surface area contributed by atoms with Crippen molar-refractivity contribution < 1.29 is 19.5 Å². The largest absolute Gasteiger partial charge is 0.477 e. The first-order valence-electron chi connectivity index (χ1n) is 6.44. The zero-order chi connectivity index (χ0) is 15.6. The number of hydrogen-bond donors (Lipinski definition) is 4. The number of aromatic carboxylic acids is 1. The van der Waals surface area contributed by atoms with Gasteiger partial charge in [0.1, 0.15) is 18.1 Å². The molecule has 21 heavy (non-hydrogen) atoms. The zero-order valence-electron chi connectivity index (χ0n) is 11.5. The van der Waals surface area contributed by atoms with Gasteiger partial charge in [0.05, 0.1) is 11.7 Å². The zero-order valence-corrected chi connectivity index (χ0v) is 11.5. The third kappa shape index (κ3) is 2.96. The number of rotatable bonds is 5. The number of nitrogens with two attached hydrogens (primary N) is 1. The molecule has 3 amide bonds. The summed E-state index contributed by atoms with van der Waals surface area (Å²) >= 11 is 0. The van der Waals surface area contributed by atoms with E-state index in [0.29, 0.717) is 18.7 Å². The second-order valence-corrected chi connectivity index (χ2v) is 5.14. The van der Waals surface area contributed by atoms with Crippen molar-refractivity contribution in [3.8, 4) is 0 Å². The smallest absolute Gasteiger partial charge is 0.353 e. The first-order chi connectivity index (χ1) is 9.84. The first-order valence-corrected chi connectivity index (χ1v) is 6.44. The predicted molar refractivity (Wildman–Crippen MR) is 71.4 cm³/mol. The van der Waals surface area contributed by atoms with Gasteiger partial charge >= 0.3 is 12.0 Å². The Hall–Kier alpha value is -2.58. The van der Waals surface area contributed by atoms with Crippen molar-refractivity contribution in [3.05, 3.63) is 17.7 Å². The summed E-state index contributed by atoms with van der Waals surface area (Å²) in [4.78, 5) is 41.7. The monoisotopic (exact) mass is 295 g/mol. The maximum atomic E-state index is 12.0. The van der Waals surface area contributed by atoms with Crippen LogP contribution < -0.4 is 11.1 Å². The number of hydrogen-bond acceptors (Lipinski definition) is 4. The summed E-state index contributed by atoms with van der Waals surface area (Å²) in [6.07, 6.45) is 3.41. The molecule has 0 spiro atoms. The first kappa shape index (κ1) is 14.8. The number of aromatic nitrogens is 2. The van der Waals surface area contributed by atoms with Crippen LogP contribution in [0.15, 0.2) is 6.20 Å². The van der Waals surface area contributed by atoms with E-state index in [0.717, 1.165) is 6.42 Å². The van der Waals surface area contributed by atoms with Crippen molar-refractivity contribution in [2.24, 2.45) is 5.73 Å². The number of imidazole rings is 1. The number of carbonyl (C=O) groups is 3. The Morgan fingerprint density at radius 1 is 1.52 bits per heavy atom. The Labute approximate surface area is 120 Å². The number of H-pyrrole nitrogens is 1. The summed E-state index contributed by atoms with van der Waals surface area (Å²) in [5.41, 5.74) is 4.30. The highest BCUT2D eigenvalue weighted by atomic mass is 16.4. The average Bonchev–Trinajstić information content (AvgIpc) is 2.82. The molecular formula is C12H17N5O4. The minimum atomic E-state index is -1.11. The molecule has 9 nitrogen and oxygen atoms in total. The number of likely N-dealkylation sites (N-methyl/N-ethyl adjacent to an activating group) is 1. The third-order valence-corrected chi connectivity index (χ3v) is 3.55. The molecule has 0 saturated heterocycles. The van der Waals surface area contributed by atoms with E-state index in [-0.39, 0.29) is 12.2 Å². The lowest BCUT2D eigenvalue weighted by Gasteiger charge is -2.41. The Morgan fingerprint density at radius 3 is 2.62 bits per heavy atom. The van der Waals surface area contributed by atoms with Gasteiger partial charge in [-0.25, -0.2) is 14.6 Å². The highest BCUT2D eigenvalue weighted by Crippen LogP contribution is 2.39. The van der Waals surface area contributed by atoms with Crippen LogP contribution in [0.1, 0.15) is 35.6 Å². The van der Waals surface area contributed by atoms with Gasteiger partial charge in [-0.15, -0.1) is 0 Å². The average molecular weight is 295 g/mol. The molecule has 114 valence electrons. The molecule has 5 N–H and O–H groups in total. The Kier molecular flexibility index (Phi) is 3.83. The normalized spacial score (nSPS) is 15.9. The minimum absolute atomic E-state index is 0.0315. The van der Waals surface area contributed by atoms with E-state index < -0.39 is 23.4 Å². The number of nitrogens with one attached hydrogen (secondary N) is 2. The molecule has 1 heterocycles. The van der Waals surface area contributed by atoms with Crippen molar-refractivity contribution in [3.63, 3.8) is 0 Å². The molecule has 1 saturated carbocycles. The van der Waals surface area contributed by atoms with Gasteiger partial charge in [-0.1, -0.05) is 0 Å². The van der Waals surface area contributed by atoms with Gasteiger partial charge in [-0.2, -0.15) is 0 Å². The molecule has 2 rings (SSSR count). The molecule has 1 aromatic heterocycles. The number of nitrogens with zero attached hydrogens (tertiary/aromatic N) is 2. The van der Waals surface area contributed by atoms with Crippen LogP contribution in [0.3, 0.4) is 0 Å². The van der Waals surface area contributed by atoms with Crippen molar-refractivity contribution in [1.29, 1.82) is 0 Å². The van der Waals surface area contributed by atoms with Crippen molar-refractivity contribution in [2.75, 3.05) is 13.6 Å². The quantitative estimate of drug-likeness (QED) is 0.585. The van der Waals surface area contributed by atoms with Crippen molar-refractivity contribution >= 4 is 17.9 Å². The van der Waals surface area contributed by atoms with Gasteiger partial charge in [-0.05, 0) is 19.3 Å². The number of urea groups is 1. The molecule has 0 atom stereocenters. The summed E-state index contributed by atoms with van der Waals surface area (Å²) in [5, 5.41) is 11.7. The Balaban J connectivity index is 2.12. The van der Waals surface area contributed by atoms with E-state index in [1.54, 1.807) is 0 Å². The lowest BCUT2D eigenvalue weighted by Crippen LogP contribution is -2.55. The Morgan fingerprint density at radius 2 is 2.19 bits per heavy atom. The summed E-state index contributed by atoms with van der Waals surface area (Å²) in [6, 6.07) is -0.457. The highest BCUT2D eigenvalue weighted by molar-refractivity contribution is 5.85. The molecule has 1 aliphatic rings. The van der Waals surface area contributed by atoms with Crippen LogP contribution >= 0.6 is 0 Å². The maximum Gasteiger partial charge on any atom is 0.353 e. The molecule has 9 heteroatoms. The van der Waals surface area contributed by atoms with Gasteiger partial charge in [0.2, 0.25) is 5.91 Å². The molecule has 0 radical (unpaired) electrons. The van der Waals surface area contributed by atoms with Crippen LogP contribution in [-0.4, -0.2) is 51.5 Å². The molecule has 0 bridgehead atoms. The standard InChI is InChI=1S/C12H17N5O4/c1-17(6-8(13)18)11(21)16-12(3-2-4-12)10-14-5-7(15-10)9(19)20/h5H,2-4,6H2,1H3,(H2,13,18)(H,14,15)(H,16,21)(H,19,20). The molecule has 1 aliphatic carbocycles. The van der Waals surface area contributed by atoms with E-state index in [1.807, 2.05) is 0 Å². The van der Waals surface area contributed by atoms with E-state index in [1.165, 1.54) is 18.1 Å². The van der Waals surface area contributed by atoms with E-state index >= 15 is 0 Å². The van der Waals surface area contributed by atoms with E-state index in [4.69, 9.17) is 10.8 Å². The Bertz CT molecular complexity index is 578. The number of carbonyl (C=O) groups excluding carboxylic acids is 2. The second kappa shape index (κ2) is 5.43. The third-order valence-electron chi connectivity index (χ3n) is 3.55. The fourth-order valence-corrected chi connectivity index (χ4v) is 2.23. The highest BCUT2D eigenvalue weighted by Gasteiger charge is 2.43. The minimum Gasteiger partial charge on any atom is -0.477 e. The summed E-state index contributed by atoms with van der Waals surface area (Å²) in [5.74, 6) is -1.31. The van der Waals surface area contributed by atoms with Crippen LogP contribution in [0.5, 0.6) is 0 Å². The fraction of sp³-hybridized carbons (Fsp3) is 0.500. The summed E-state index contributed by atoms with van der Waals surface area (Å²) < 4.78 is 0. The van der Waals surface area contributed by atoms with Crippen LogP contribution in [0.25, 0.3) is 0 Å². The SMILES string of the molecule is CN(CC(N)=O)C(=O)NC1(c2ncc(C(=O)O)[nH]2)CCC1. The number of aromatic amines is 1. The molecule has 0 aromatic carbocycles. The van der Waals surface area contributed by atoms with Crippen LogP contribution in [0.2, 0.25) is 0 Å². The van der Waals surface area contributed by atoms with Crippen LogP contribution in [0.4, 0.5) is 4.79 Å². The summed E-state index contributed by atoms with van der Waals surface area (Å²) in [7, 11) is 1.46. The molecule has 0 unspecified atom stereocenters. The molecular weight excluding hydrogens is 278 g/mol. The van der Waals surface area contributed by atoms with Gasteiger partial charge in [0.25, 0.3) is 0 Å². The lowest BCUT2D eigenvalue weighted by atomic mass is 9.76. The van der Waals surface area contributed by atoms with Crippen LogP contribution in [0, 0.1) is 0 Å². The van der Waals surface area contributed by atoms with Crippen LogP contribution in [-0.2, 0) is 10.3 Å². The second-order valence-electron chi connectivity index (χ2n) is 5.14. The van der Waals surface area contributed by atoms with E-state index in [9.17, 15) is 14.4 Å². The number of carboxylic acid groups (broad SMARTS) is 1. The molecule has 1 fully saturated rings. The number of carboxylic acids is 1. The van der Waals surface area contributed by atoms with Gasteiger partial charge in [-0.3, -0.25) is 4.79 Å². The predicted octanol–water partition coefficient (Wildman–Crippen LogP) is -0.386. The maximum absolute atomic E-state index is 12.0.